The number of amides is 1. The number of aromatic nitrogens is 2. The second kappa shape index (κ2) is 7.85. The van der Waals surface area contributed by atoms with Crippen molar-refractivity contribution in [3.8, 4) is 11.3 Å². The zero-order chi connectivity index (χ0) is 18.8. The van der Waals surface area contributed by atoms with Crippen LogP contribution >= 0.6 is 0 Å². The molecule has 0 radical (unpaired) electrons. The molecule has 0 bridgehead atoms. The van der Waals surface area contributed by atoms with Crippen LogP contribution in [0.5, 0.6) is 0 Å². The smallest absolute Gasteiger partial charge is 0.253 e. The van der Waals surface area contributed by atoms with Gasteiger partial charge in [0.2, 0.25) is 0 Å². The van der Waals surface area contributed by atoms with Gasteiger partial charge < -0.3 is 4.90 Å². The lowest BCUT2D eigenvalue weighted by Crippen LogP contribution is -2.46. The van der Waals surface area contributed by atoms with Crippen molar-refractivity contribution in [1.29, 1.82) is 0 Å². The Bertz CT molecular complexity index is 749. The zero-order valence-corrected chi connectivity index (χ0v) is 16.4. The van der Waals surface area contributed by atoms with Gasteiger partial charge in [0.1, 0.15) is 0 Å². The van der Waals surface area contributed by atoms with Gasteiger partial charge in [0.25, 0.3) is 5.91 Å². The highest BCUT2D eigenvalue weighted by molar-refractivity contribution is 5.94. The first-order valence-corrected chi connectivity index (χ1v) is 10.2. The summed E-state index contributed by atoms with van der Waals surface area (Å²) in [5, 5.41) is 6.96. The predicted octanol–water partition coefficient (Wildman–Crippen LogP) is 3.66. The van der Waals surface area contributed by atoms with E-state index in [1.807, 2.05) is 30.3 Å². The van der Waals surface area contributed by atoms with Crippen molar-refractivity contribution in [2.24, 2.45) is 11.8 Å². The maximum Gasteiger partial charge on any atom is 0.253 e. The molecule has 2 heterocycles. The molecule has 0 spiro atoms. The summed E-state index contributed by atoms with van der Waals surface area (Å²) >= 11 is 0. The summed E-state index contributed by atoms with van der Waals surface area (Å²) in [6.45, 7) is 8.60. The third-order valence-corrected chi connectivity index (χ3v) is 5.94. The van der Waals surface area contributed by atoms with E-state index in [-0.39, 0.29) is 5.91 Å². The fraction of sp³-hybridized carbons (Fsp3) is 0.545. The predicted molar refractivity (Wildman–Crippen MR) is 107 cm³/mol. The Kier molecular flexibility index (Phi) is 5.30. The van der Waals surface area contributed by atoms with E-state index in [9.17, 15) is 4.79 Å². The number of carbonyl (C=O) groups is 1. The van der Waals surface area contributed by atoms with E-state index >= 15 is 0 Å². The Morgan fingerprint density at radius 2 is 1.96 bits per heavy atom. The quantitative estimate of drug-likeness (QED) is 0.879. The number of hydrogen-bond acceptors (Lipinski definition) is 3. The molecule has 2 aliphatic rings. The van der Waals surface area contributed by atoms with E-state index in [1.54, 1.807) is 6.20 Å². The van der Waals surface area contributed by atoms with Gasteiger partial charge in [-0.15, -0.1) is 0 Å². The molecule has 1 saturated carbocycles. The van der Waals surface area contributed by atoms with Crippen LogP contribution in [0, 0.1) is 11.8 Å². The van der Waals surface area contributed by atoms with Crippen LogP contribution in [0.2, 0.25) is 0 Å². The van der Waals surface area contributed by atoms with Crippen molar-refractivity contribution in [3.05, 3.63) is 42.1 Å². The number of hydrogen-bond donors (Lipinski definition) is 1. The average Bonchev–Trinajstić information content (AvgIpc) is 3.38. The molecule has 1 aromatic heterocycles. The highest BCUT2D eigenvalue weighted by atomic mass is 16.2. The molecule has 1 aromatic carbocycles. The molecular formula is C22H30N4O. The van der Waals surface area contributed by atoms with Crippen molar-refractivity contribution in [2.75, 3.05) is 26.2 Å². The molecule has 1 amide bonds. The molecule has 1 saturated heterocycles. The molecule has 2 fully saturated rings. The summed E-state index contributed by atoms with van der Waals surface area (Å²) in [7, 11) is 0. The third-order valence-electron chi connectivity index (χ3n) is 5.94. The first-order valence-electron chi connectivity index (χ1n) is 10.2. The van der Waals surface area contributed by atoms with Crippen LogP contribution in [-0.2, 0) is 0 Å². The monoisotopic (exact) mass is 366 g/mol. The Labute approximate surface area is 161 Å². The van der Waals surface area contributed by atoms with Gasteiger partial charge in [-0.25, -0.2) is 0 Å². The molecule has 27 heavy (non-hydrogen) atoms. The summed E-state index contributed by atoms with van der Waals surface area (Å²) < 4.78 is 0. The van der Waals surface area contributed by atoms with Crippen LogP contribution < -0.4 is 0 Å². The lowest BCUT2D eigenvalue weighted by molar-refractivity contribution is 0.0704. The number of aromatic amines is 1. The van der Waals surface area contributed by atoms with E-state index in [0.29, 0.717) is 12.0 Å². The van der Waals surface area contributed by atoms with Gasteiger partial charge in [-0.3, -0.25) is 14.8 Å². The highest BCUT2D eigenvalue weighted by Crippen LogP contribution is 2.32. The van der Waals surface area contributed by atoms with Crippen molar-refractivity contribution < 1.29 is 4.79 Å². The topological polar surface area (TPSA) is 52.2 Å². The van der Waals surface area contributed by atoms with E-state index in [1.165, 1.54) is 19.4 Å². The van der Waals surface area contributed by atoms with Gasteiger partial charge in [0.05, 0.1) is 5.69 Å². The molecule has 1 aliphatic carbocycles. The Hall–Kier alpha value is -2.14. The van der Waals surface area contributed by atoms with Gasteiger partial charge in [-0.05, 0) is 54.9 Å². The molecule has 1 aliphatic heterocycles. The summed E-state index contributed by atoms with van der Waals surface area (Å²) in [4.78, 5) is 17.9. The highest BCUT2D eigenvalue weighted by Gasteiger charge is 2.33. The van der Waals surface area contributed by atoms with Crippen LogP contribution in [0.4, 0.5) is 0 Å². The summed E-state index contributed by atoms with van der Waals surface area (Å²) in [6, 6.07) is 10.3. The maximum absolute atomic E-state index is 13.1. The number of benzene rings is 1. The number of carbonyl (C=O) groups excluding carboxylic acids is 1. The first-order chi connectivity index (χ1) is 13.1. The largest absolute Gasteiger partial charge is 0.337 e. The van der Waals surface area contributed by atoms with Crippen LogP contribution in [0.15, 0.2) is 36.5 Å². The molecular weight excluding hydrogens is 336 g/mol. The number of nitrogens with one attached hydrogen (secondary N) is 1. The maximum atomic E-state index is 13.1. The lowest BCUT2D eigenvalue weighted by Gasteiger charge is -2.34. The molecule has 4 rings (SSSR count). The number of H-pyrrole nitrogens is 1. The minimum absolute atomic E-state index is 0.157. The zero-order valence-electron chi connectivity index (χ0n) is 16.4. The summed E-state index contributed by atoms with van der Waals surface area (Å²) in [5.41, 5.74) is 2.80. The molecule has 1 N–H and O–H groups in total. The van der Waals surface area contributed by atoms with E-state index < -0.39 is 0 Å². The summed E-state index contributed by atoms with van der Waals surface area (Å²) in [6.07, 6.45) is 5.57. The van der Waals surface area contributed by atoms with E-state index in [2.05, 4.69) is 33.8 Å². The van der Waals surface area contributed by atoms with Crippen molar-refractivity contribution in [2.45, 2.75) is 39.2 Å². The van der Waals surface area contributed by atoms with Gasteiger partial charge in [0, 0.05) is 44.0 Å². The number of rotatable bonds is 5. The minimum atomic E-state index is 0.157. The van der Waals surface area contributed by atoms with Crippen LogP contribution in [-0.4, -0.2) is 58.1 Å². The van der Waals surface area contributed by atoms with Crippen LogP contribution in [0.25, 0.3) is 11.3 Å². The Balaban J connectivity index is 1.47. The Morgan fingerprint density at radius 1 is 1.19 bits per heavy atom. The van der Waals surface area contributed by atoms with Gasteiger partial charge in [-0.1, -0.05) is 26.0 Å². The van der Waals surface area contributed by atoms with Crippen LogP contribution in [0.1, 0.15) is 43.5 Å². The molecule has 0 unspecified atom stereocenters. The third kappa shape index (κ3) is 4.24. The van der Waals surface area contributed by atoms with Crippen molar-refractivity contribution in [1.82, 2.24) is 20.0 Å². The Morgan fingerprint density at radius 3 is 2.59 bits per heavy atom. The van der Waals surface area contributed by atoms with Gasteiger partial charge >= 0.3 is 0 Å². The van der Waals surface area contributed by atoms with Gasteiger partial charge in [0.15, 0.2) is 0 Å². The molecule has 5 nitrogen and oxygen atoms in total. The molecule has 1 atom stereocenters. The first kappa shape index (κ1) is 18.2. The SMILES string of the molecule is CC(C)[C@@H]1CN(C(=O)c2ccc(-c3ccn[nH]3)cc2)CCCN1CC1CC1. The standard InChI is InChI=1S/C22H30N4O/c1-16(2)21-15-26(13-3-12-25(21)14-17-4-5-17)22(27)19-8-6-18(7-9-19)20-10-11-23-24-20/h6-11,16-17,21H,3-5,12-15H2,1-2H3,(H,23,24)/t21-/m0/s1. The lowest BCUT2D eigenvalue weighted by atomic mass is 10.0. The van der Waals surface area contributed by atoms with E-state index in [0.717, 1.165) is 48.8 Å². The second-order valence-corrected chi connectivity index (χ2v) is 8.40. The number of nitrogens with zero attached hydrogens (tertiary/aromatic N) is 3. The van der Waals surface area contributed by atoms with Gasteiger partial charge in [-0.2, -0.15) is 5.10 Å². The fourth-order valence-corrected chi connectivity index (χ4v) is 4.13. The fourth-order valence-electron chi connectivity index (χ4n) is 4.13. The van der Waals surface area contributed by atoms with Crippen LogP contribution in [0.3, 0.4) is 0 Å². The molecule has 144 valence electrons. The second-order valence-electron chi connectivity index (χ2n) is 8.40. The van der Waals surface area contributed by atoms with Crippen molar-refractivity contribution >= 4 is 5.91 Å². The molecule has 2 aromatic rings. The summed E-state index contributed by atoms with van der Waals surface area (Å²) in [5.74, 6) is 1.61. The average molecular weight is 367 g/mol. The minimum Gasteiger partial charge on any atom is -0.337 e. The van der Waals surface area contributed by atoms with Crippen molar-refractivity contribution in [3.63, 3.8) is 0 Å². The normalized spacial score (nSPS) is 21.4. The molecule has 5 heteroatoms. The van der Waals surface area contributed by atoms with E-state index in [4.69, 9.17) is 0 Å².